The quantitative estimate of drug-likeness (QED) is 0.0724. The van der Waals surface area contributed by atoms with Gasteiger partial charge in [-0.2, -0.15) is 0 Å². The molecular weight excluding hydrogens is 889 g/mol. The highest BCUT2D eigenvalue weighted by Crippen LogP contribution is 2.47. The van der Waals surface area contributed by atoms with Crippen LogP contribution < -0.4 is 16.0 Å². The van der Waals surface area contributed by atoms with Crippen molar-refractivity contribution in [3.8, 4) is 0 Å². The Balaban J connectivity index is 1.26. The van der Waals surface area contributed by atoms with Crippen molar-refractivity contribution in [2.24, 2.45) is 17.8 Å². The van der Waals surface area contributed by atoms with Crippen molar-refractivity contribution in [1.29, 1.82) is 0 Å². The molecule has 2 heterocycles. The fourth-order valence-corrected chi connectivity index (χ4v) is 9.27. The topological polar surface area (TPSA) is 211 Å². The molecular formula is C51H80N6O12. The summed E-state index contributed by atoms with van der Waals surface area (Å²) < 4.78 is 28.5. The average Bonchev–Trinajstić information content (AvgIpc) is 3.85. The second-order valence-electron chi connectivity index (χ2n) is 19.6. The highest BCUT2D eigenvalue weighted by Gasteiger charge is 2.46. The zero-order chi connectivity index (χ0) is 50.9. The Hall–Kier alpha value is -4.75. The summed E-state index contributed by atoms with van der Waals surface area (Å²) in [6, 6.07) is 8.45. The van der Waals surface area contributed by atoms with Crippen LogP contribution in [-0.4, -0.2) is 172 Å². The van der Waals surface area contributed by atoms with Crippen LogP contribution >= 0.6 is 0 Å². The largest absolute Gasteiger partial charge is 0.379 e. The van der Waals surface area contributed by atoms with Gasteiger partial charge in [0, 0.05) is 58.3 Å². The Labute approximate surface area is 409 Å². The third kappa shape index (κ3) is 15.9. The molecule has 7 atom stereocenters. The zero-order valence-corrected chi connectivity index (χ0v) is 42.7. The van der Waals surface area contributed by atoms with Crippen molar-refractivity contribution >= 4 is 41.4 Å². The summed E-state index contributed by atoms with van der Waals surface area (Å²) in [5.41, 5.74) is -0.191. The number of hydrogen-bond acceptors (Lipinski definition) is 12. The molecule has 4 rings (SSSR count). The Morgan fingerprint density at radius 2 is 1.48 bits per heavy atom. The molecule has 1 unspecified atom stereocenters. The lowest BCUT2D eigenvalue weighted by atomic mass is 9.89. The van der Waals surface area contributed by atoms with Crippen LogP contribution in [0.2, 0.25) is 0 Å². The summed E-state index contributed by atoms with van der Waals surface area (Å²) in [5, 5.41) is 8.84. The van der Waals surface area contributed by atoms with Crippen molar-refractivity contribution < 1.29 is 57.2 Å². The van der Waals surface area contributed by atoms with E-state index < -0.39 is 47.6 Å². The van der Waals surface area contributed by atoms with Gasteiger partial charge in [-0.3, -0.25) is 38.5 Å². The molecule has 2 aliphatic heterocycles. The zero-order valence-electron chi connectivity index (χ0n) is 42.7. The number of likely N-dealkylation sites (tertiary alicyclic amines) is 1. The van der Waals surface area contributed by atoms with Crippen LogP contribution in [0.15, 0.2) is 42.5 Å². The van der Waals surface area contributed by atoms with Crippen LogP contribution in [0, 0.1) is 17.8 Å². The van der Waals surface area contributed by atoms with E-state index in [4.69, 9.17) is 23.7 Å². The highest BCUT2D eigenvalue weighted by atomic mass is 16.5. The summed E-state index contributed by atoms with van der Waals surface area (Å²) in [6.45, 7) is 15.2. The highest BCUT2D eigenvalue weighted by molar-refractivity contribution is 6.12. The normalized spacial score (nSPS) is 19.2. The number of methoxy groups -OCH3 is 2. The molecule has 0 radical (unpaired) electrons. The predicted molar refractivity (Wildman–Crippen MR) is 258 cm³/mol. The standard InChI is InChI=1S/C51H80N6O12/c1-11-35(4)45(39(65-9)32-43(61)56-24-15-18-38(56)46(66-10)36(5)47(62)52-33-51(22-23-51)37-16-13-12-14-17-37)55(8)48(63)44(34(2)3)53-49(64)50(6,7)54-40(58)21-26-67-28-30-69-31-29-68-27-25-57-41(59)19-20-42(57)60/h12-14,16-17,19-20,34-36,38-39,44-46H,11,15,18,21-33H2,1-10H3,(H,52,62)(H,53,64)(H,54,58)/t35-,36+,38?,39+,44-,45-,46+/m0/s1. The molecule has 1 aliphatic carbocycles. The smallest absolute Gasteiger partial charge is 0.253 e. The van der Waals surface area contributed by atoms with E-state index in [1.807, 2.05) is 57.7 Å². The van der Waals surface area contributed by atoms with E-state index in [9.17, 15) is 33.6 Å². The molecule has 18 heteroatoms. The number of hydrogen-bond donors (Lipinski definition) is 3. The van der Waals surface area contributed by atoms with Gasteiger partial charge in [-0.1, -0.05) is 71.4 Å². The lowest BCUT2D eigenvalue weighted by molar-refractivity contribution is -0.148. The second kappa shape index (κ2) is 27.0. The molecule has 1 saturated heterocycles. The average molecular weight is 969 g/mol. The predicted octanol–water partition coefficient (Wildman–Crippen LogP) is 3.16. The molecule has 0 bridgehead atoms. The number of benzene rings is 1. The first-order valence-corrected chi connectivity index (χ1v) is 24.7. The molecule has 69 heavy (non-hydrogen) atoms. The third-order valence-electron chi connectivity index (χ3n) is 13.9. The van der Waals surface area contributed by atoms with E-state index in [1.54, 1.807) is 32.9 Å². The van der Waals surface area contributed by atoms with Gasteiger partial charge >= 0.3 is 0 Å². The molecule has 3 aliphatic rings. The molecule has 1 aromatic rings. The second-order valence-corrected chi connectivity index (χ2v) is 19.6. The van der Waals surface area contributed by atoms with E-state index in [0.717, 1.165) is 24.2 Å². The van der Waals surface area contributed by atoms with Gasteiger partial charge < -0.3 is 49.4 Å². The van der Waals surface area contributed by atoms with Gasteiger partial charge in [0.05, 0.1) is 82.8 Å². The number of carbonyl (C=O) groups is 7. The Morgan fingerprint density at radius 1 is 0.870 bits per heavy atom. The number of rotatable bonds is 31. The molecule has 1 saturated carbocycles. The monoisotopic (exact) mass is 969 g/mol. The number of nitrogens with one attached hydrogen (secondary N) is 3. The van der Waals surface area contributed by atoms with Crippen molar-refractivity contribution in [3.05, 3.63) is 48.0 Å². The lowest BCUT2D eigenvalue weighted by Gasteiger charge is -2.41. The number of amides is 7. The van der Waals surface area contributed by atoms with Crippen molar-refractivity contribution in [2.45, 2.75) is 135 Å². The van der Waals surface area contributed by atoms with Crippen molar-refractivity contribution in [2.75, 3.05) is 80.5 Å². The maximum Gasteiger partial charge on any atom is 0.253 e. The van der Waals surface area contributed by atoms with Crippen LogP contribution in [0.4, 0.5) is 0 Å². The van der Waals surface area contributed by atoms with E-state index in [1.165, 1.54) is 24.8 Å². The minimum Gasteiger partial charge on any atom is -0.379 e. The maximum absolute atomic E-state index is 14.5. The Kier molecular flexibility index (Phi) is 22.3. The molecule has 0 aromatic heterocycles. The maximum atomic E-state index is 14.5. The molecule has 3 N–H and O–H groups in total. The van der Waals surface area contributed by atoms with E-state index >= 15 is 0 Å². The first kappa shape index (κ1) is 56.8. The number of ether oxygens (including phenoxy) is 5. The third-order valence-corrected chi connectivity index (χ3v) is 13.9. The lowest BCUT2D eigenvalue weighted by Crippen LogP contribution is -2.62. The molecule has 7 amide bonds. The number of carbonyl (C=O) groups excluding carboxylic acids is 7. The minimum absolute atomic E-state index is 0.00713. The van der Waals surface area contributed by atoms with E-state index in [0.29, 0.717) is 25.9 Å². The summed E-state index contributed by atoms with van der Waals surface area (Å²) in [6.07, 6.45) is 5.38. The number of imide groups is 1. The van der Waals surface area contributed by atoms with E-state index in [2.05, 4.69) is 28.1 Å². The van der Waals surface area contributed by atoms with E-state index in [-0.39, 0.29) is 112 Å². The van der Waals surface area contributed by atoms with Crippen LogP contribution in [0.5, 0.6) is 0 Å². The molecule has 0 spiro atoms. The fourth-order valence-electron chi connectivity index (χ4n) is 9.27. The van der Waals surface area contributed by atoms with Crippen LogP contribution in [0.25, 0.3) is 0 Å². The summed E-state index contributed by atoms with van der Waals surface area (Å²) in [5.74, 6) is -3.21. The molecule has 2 fully saturated rings. The van der Waals surface area contributed by atoms with Crippen LogP contribution in [-0.2, 0) is 62.7 Å². The van der Waals surface area contributed by atoms with Gasteiger partial charge in [0.25, 0.3) is 11.8 Å². The van der Waals surface area contributed by atoms with Gasteiger partial charge in [0.15, 0.2) is 0 Å². The number of nitrogens with zero attached hydrogens (tertiary/aromatic N) is 3. The van der Waals surface area contributed by atoms with Gasteiger partial charge in [-0.05, 0) is 56.9 Å². The fraction of sp³-hybridized carbons (Fsp3) is 0.706. The van der Waals surface area contributed by atoms with Crippen molar-refractivity contribution in [1.82, 2.24) is 30.7 Å². The Bertz CT molecular complexity index is 1890. The summed E-state index contributed by atoms with van der Waals surface area (Å²) in [7, 11) is 4.80. The first-order valence-electron chi connectivity index (χ1n) is 24.7. The van der Waals surface area contributed by atoms with Gasteiger partial charge in [-0.25, -0.2) is 0 Å². The van der Waals surface area contributed by atoms with Gasteiger partial charge in [-0.15, -0.1) is 0 Å². The van der Waals surface area contributed by atoms with Crippen LogP contribution in [0.3, 0.4) is 0 Å². The summed E-state index contributed by atoms with van der Waals surface area (Å²) >= 11 is 0. The first-order chi connectivity index (χ1) is 32.8. The summed E-state index contributed by atoms with van der Waals surface area (Å²) in [4.78, 5) is 96.8. The molecule has 386 valence electrons. The van der Waals surface area contributed by atoms with Crippen LogP contribution in [0.1, 0.15) is 99.0 Å². The molecule has 1 aromatic carbocycles. The van der Waals surface area contributed by atoms with Crippen molar-refractivity contribution in [3.63, 3.8) is 0 Å². The molecule has 18 nitrogen and oxygen atoms in total. The van der Waals surface area contributed by atoms with Gasteiger partial charge in [0.2, 0.25) is 29.5 Å². The SMILES string of the molecule is CC[C@H](C)[C@@H]([C@@H](CC(=O)N1CCCC1[C@H](OC)[C@@H](C)C(=O)NCC1(c2ccccc2)CC1)OC)N(C)C(=O)[C@@H](NC(=O)C(C)(C)NC(=O)CCOCCOCCOCCN1C(=O)C=CC1=O)C(C)C. The number of likely N-dealkylation sites (N-methyl/N-ethyl adjacent to an activating group) is 1. The van der Waals surface area contributed by atoms with Gasteiger partial charge in [0.1, 0.15) is 11.6 Å². The minimum atomic E-state index is -1.37. The Morgan fingerprint density at radius 3 is 2.04 bits per heavy atom.